The lowest BCUT2D eigenvalue weighted by Crippen LogP contribution is -2.37. The zero-order chi connectivity index (χ0) is 21.0. The first-order valence-corrected chi connectivity index (χ1v) is 9.25. The van der Waals surface area contributed by atoms with Crippen LogP contribution in [-0.4, -0.2) is 23.5 Å². The molecule has 3 aromatic rings. The number of hydrogen-bond donors (Lipinski definition) is 3. The molecule has 0 saturated heterocycles. The lowest BCUT2D eigenvalue weighted by molar-refractivity contribution is -0.137. The molecular formula is C19H15F3N2O4S. The average molecular weight is 424 g/mol. The molecule has 29 heavy (non-hydrogen) atoms. The van der Waals surface area contributed by atoms with E-state index < -0.39 is 29.7 Å². The van der Waals surface area contributed by atoms with Gasteiger partial charge in [0.25, 0.3) is 0 Å². The van der Waals surface area contributed by atoms with Crippen LogP contribution in [0.3, 0.4) is 0 Å². The number of halogens is 3. The highest BCUT2D eigenvalue weighted by Crippen LogP contribution is 2.30. The summed E-state index contributed by atoms with van der Waals surface area (Å²) in [6.45, 7) is -0.314. The van der Waals surface area contributed by atoms with Gasteiger partial charge >= 0.3 is 18.0 Å². The van der Waals surface area contributed by atoms with Crippen molar-refractivity contribution in [2.24, 2.45) is 0 Å². The summed E-state index contributed by atoms with van der Waals surface area (Å²) in [5.41, 5.74) is -0.282. The number of nitrogens with one attached hydrogen (secondary N) is 2. The predicted octanol–water partition coefficient (Wildman–Crippen LogP) is 3.82. The summed E-state index contributed by atoms with van der Waals surface area (Å²) in [7, 11) is 0. The van der Waals surface area contributed by atoms with Crippen molar-refractivity contribution in [3.05, 3.63) is 64.5 Å². The van der Waals surface area contributed by atoms with Crippen molar-refractivity contribution >= 4 is 28.8 Å². The van der Waals surface area contributed by atoms with Crippen LogP contribution >= 0.6 is 11.3 Å². The van der Waals surface area contributed by atoms with Gasteiger partial charge in [-0.25, -0.2) is 0 Å². The van der Waals surface area contributed by atoms with E-state index in [1.165, 1.54) is 17.4 Å². The van der Waals surface area contributed by atoms with Crippen molar-refractivity contribution in [3.8, 4) is 11.3 Å². The number of aliphatic hydroxyl groups is 1. The Hall–Kier alpha value is -3.11. The molecule has 2 heterocycles. The van der Waals surface area contributed by atoms with E-state index in [0.29, 0.717) is 5.76 Å². The van der Waals surface area contributed by atoms with Crippen LogP contribution in [-0.2, 0) is 15.8 Å². The maximum Gasteiger partial charge on any atom is 0.416 e. The zero-order valence-corrected chi connectivity index (χ0v) is 15.5. The maximum atomic E-state index is 12.7. The SMILES string of the molecule is O=C(NCC(O)c1ccc(-c2ccsc2)o1)C(=O)Nc1cccc(C(F)(F)F)c1. The summed E-state index contributed by atoms with van der Waals surface area (Å²) in [6, 6.07) is 8.97. The minimum atomic E-state index is -4.57. The second-order valence-electron chi connectivity index (χ2n) is 5.97. The Balaban J connectivity index is 1.54. The minimum absolute atomic E-state index is 0.174. The first kappa shape index (κ1) is 20.6. The second kappa shape index (κ2) is 8.50. The van der Waals surface area contributed by atoms with Crippen molar-refractivity contribution in [1.82, 2.24) is 5.32 Å². The van der Waals surface area contributed by atoms with Crippen molar-refractivity contribution < 1.29 is 32.3 Å². The Morgan fingerprint density at radius 1 is 1.14 bits per heavy atom. The molecular weight excluding hydrogens is 409 g/mol. The second-order valence-corrected chi connectivity index (χ2v) is 6.75. The van der Waals surface area contributed by atoms with E-state index in [0.717, 1.165) is 23.8 Å². The molecule has 0 radical (unpaired) electrons. The van der Waals surface area contributed by atoms with Gasteiger partial charge in [0, 0.05) is 16.6 Å². The fraction of sp³-hybridized carbons (Fsp3) is 0.158. The molecule has 0 fully saturated rings. The lowest BCUT2D eigenvalue weighted by atomic mass is 10.2. The number of aliphatic hydroxyl groups excluding tert-OH is 1. The number of hydrogen-bond acceptors (Lipinski definition) is 5. The van der Waals surface area contributed by atoms with Crippen molar-refractivity contribution in [3.63, 3.8) is 0 Å². The highest BCUT2D eigenvalue weighted by atomic mass is 32.1. The number of furan rings is 1. The smallest absolute Gasteiger partial charge is 0.416 e. The van der Waals surface area contributed by atoms with Gasteiger partial charge in [-0.1, -0.05) is 6.07 Å². The molecule has 2 amide bonds. The largest absolute Gasteiger partial charge is 0.458 e. The van der Waals surface area contributed by atoms with Gasteiger partial charge in [-0.2, -0.15) is 24.5 Å². The molecule has 3 N–H and O–H groups in total. The molecule has 6 nitrogen and oxygen atoms in total. The number of alkyl halides is 3. The van der Waals surface area contributed by atoms with Crippen LogP contribution in [0.1, 0.15) is 17.4 Å². The Kier molecular flexibility index (Phi) is 6.04. The molecule has 1 atom stereocenters. The molecule has 0 aliphatic rings. The third-order valence-electron chi connectivity index (χ3n) is 3.87. The molecule has 1 unspecified atom stereocenters. The number of amides is 2. The van der Waals surface area contributed by atoms with Gasteiger partial charge in [-0.3, -0.25) is 9.59 Å². The average Bonchev–Trinajstić information content (AvgIpc) is 3.36. The van der Waals surface area contributed by atoms with Gasteiger partial charge in [0.15, 0.2) is 0 Å². The molecule has 0 saturated carbocycles. The zero-order valence-electron chi connectivity index (χ0n) is 14.7. The van der Waals surface area contributed by atoms with Crippen LogP contribution in [0.15, 0.2) is 57.6 Å². The fourth-order valence-corrected chi connectivity index (χ4v) is 3.07. The van der Waals surface area contributed by atoms with E-state index in [-0.39, 0.29) is 18.0 Å². The maximum absolute atomic E-state index is 12.7. The summed E-state index contributed by atoms with van der Waals surface area (Å²) in [6.07, 6.45) is -5.77. The van der Waals surface area contributed by atoms with E-state index in [2.05, 4.69) is 10.6 Å². The number of anilines is 1. The van der Waals surface area contributed by atoms with Gasteiger partial charge in [0.2, 0.25) is 0 Å². The van der Waals surface area contributed by atoms with E-state index in [1.807, 2.05) is 16.8 Å². The molecule has 0 spiro atoms. The van der Waals surface area contributed by atoms with Crippen LogP contribution in [0, 0.1) is 0 Å². The molecule has 152 valence electrons. The van der Waals surface area contributed by atoms with Crippen molar-refractivity contribution in [2.75, 3.05) is 11.9 Å². The summed E-state index contributed by atoms with van der Waals surface area (Å²) < 4.78 is 43.6. The summed E-state index contributed by atoms with van der Waals surface area (Å²) >= 11 is 1.49. The third-order valence-corrected chi connectivity index (χ3v) is 4.55. The first-order valence-electron chi connectivity index (χ1n) is 8.31. The van der Waals surface area contributed by atoms with E-state index >= 15 is 0 Å². The van der Waals surface area contributed by atoms with E-state index in [9.17, 15) is 27.9 Å². The summed E-state index contributed by atoms with van der Waals surface area (Å²) in [5.74, 6) is -1.51. The number of rotatable bonds is 5. The van der Waals surface area contributed by atoms with Gasteiger partial charge in [-0.05, 0) is 41.8 Å². The highest BCUT2D eigenvalue weighted by molar-refractivity contribution is 7.08. The van der Waals surface area contributed by atoms with Crippen LogP contribution < -0.4 is 10.6 Å². The highest BCUT2D eigenvalue weighted by Gasteiger charge is 2.30. The molecule has 0 aliphatic carbocycles. The normalized spacial score (nSPS) is 12.4. The van der Waals surface area contributed by atoms with Gasteiger partial charge in [0.1, 0.15) is 17.6 Å². The Morgan fingerprint density at radius 2 is 1.93 bits per heavy atom. The molecule has 0 bridgehead atoms. The molecule has 10 heteroatoms. The Morgan fingerprint density at radius 3 is 2.62 bits per heavy atom. The predicted molar refractivity (Wildman–Crippen MR) is 100 cm³/mol. The Labute approximate surface area is 167 Å². The first-order chi connectivity index (χ1) is 13.7. The van der Waals surface area contributed by atoms with Crippen LogP contribution in [0.5, 0.6) is 0 Å². The molecule has 3 rings (SSSR count). The number of carbonyl (C=O) groups is 2. The van der Waals surface area contributed by atoms with E-state index in [4.69, 9.17) is 4.42 Å². The van der Waals surface area contributed by atoms with Crippen LogP contribution in [0.4, 0.5) is 18.9 Å². The Bertz CT molecular complexity index is 999. The lowest BCUT2D eigenvalue weighted by Gasteiger charge is -2.11. The summed E-state index contributed by atoms with van der Waals surface area (Å²) in [4.78, 5) is 23.7. The van der Waals surface area contributed by atoms with Crippen molar-refractivity contribution in [2.45, 2.75) is 12.3 Å². The monoisotopic (exact) mass is 424 g/mol. The standard InChI is InChI=1S/C19H15F3N2O4S/c20-19(21,22)12-2-1-3-13(8-12)24-18(27)17(26)23-9-14(25)16-5-4-15(28-16)11-6-7-29-10-11/h1-8,10,14,25H,9H2,(H,23,26)(H,24,27). The fourth-order valence-electron chi connectivity index (χ4n) is 2.42. The van der Waals surface area contributed by atoms with Gasteiger partial charge in [-0.15, -0.1) is 0 Å². The van der Waals surface area contributed by atoms with Crippen LogP contribution in [0.25, 0.3) is 11.3 Å². The topological polar surface area (TPSA) is 91.6 Å². The molecule has 1 aromatic carbocycles. The molecule has 2 aromatic heterocycles. The summed E-state index contributed by atoms with van der Waals surface area (Å²) in [5, 5.41) is 18.2. The number of benzene rings is 1. The third kappa shape index (κ3) is 5.24. The number of thiophene rings is 1. The number of carbonyl (C=O) groups excluding carboxylic acids is 2. The molecule has 0 aliphatic heterocycles. The minimum Gasteiger partial charge on any atom is -0.458 e. The van der Waals surface area contributed by atoms with Crippen LogP contribution in [0.2, 0.25) is 0 Å². The van der Waals surface area contributed by atoms with E-state index in [1.54, 1.807) is 12.1 Å². The van der Waals surface area contributed by atoms with Crippen molar-refractivity contribution in [1.29, 1.82) is 0 Å². The van der Waals surface area contributed by atoms with Gasteiger partial charge < -0.3 is 20.2 Å². The quantitative estimate of drug-likeness (QED) is 0.543. The van der Waals surface area contributed by atoms with Gasteiger partial charge in [0.05, 0.1) is 12.1 Å².